The Morgan fingerprint density at radius 3 is 2.94 bits per heavy atom. The van der Waals surface area contributed by atoms with E-state index in [9.17, 15) is 4.79 Å². The zero-order valence-electron chi connectivity index (χ0n) is 9.49. The monoisotopic (exact) mass is 302 g/mol. The molecule has 0 amide bonds. The van der Waals surface area contributed by atoms with Crippen molar-refractivity contribution in [1.82, 2.24) is 9.78 Å². The summed E-state index contributed by atoms with van der Waals surface area (Å²) < 4.78 is 3.06. The second-order valence-corrected chi connectivity index (χ2v) is 5.87. The van der Waals surface area contributed by atoms with Crippen LogP contribution in [0.1, 0.15) is 18.3 Å². The standard InChI is InChI=1S/C11H15BrN2OS/c1-3-14-9(11(12)7(2)13-14)4-8-5-16-6-10(8)15/h8H,3-6H2,1-2H3. The van der Waals surface area contributed by atoms with Crippen LogP contribution >= 0.6 is 27.7 Å². The van der Waals surface area contributed by atoms with Crippen LogP contribution in [0.4, 0.5) is 0 Å². The summed E-state index contributed by atoms with van der Waals surface area (Å²) >= 11 is 5.31. The van der Waals surface area contributed by atoms with Crippen LogP contribution in [0.3, 0.4) is 0 Å². The van der Waals surface area contributed by atoms with Gasteiger partial charge in [-0.3, -0.25) is 9.48 Å². The van der Waals surface area contributed by atoms with Gasteiger partial charge < -0.3 is 0 Å². The van der Waals surface area contributed by atoms with Crippen LogP contribution in [0.2, 0.25) is 0 Å². The number of hydrogen-bond donors (Lipinski definition) is 0. The third kappa shape index (κ3) is 2.20. The maximum absolute atomic E-state index is 11.6. The molecule has 1 aliphatic rings. The fourth-order valence-corrected chi connectivity index (χ4v) is 3.57. The van der Waals surface area contributed by atoms with Crippen LogP contribution in [-0.2, 0) is 17.8 Å². The molecular formula is C11H15BrN2OS. The van der Waals surface area contributed by atoms with Gasteiger partial charge in [0.05, 0.1) is 21.6 Å². The SMILES string of the molecule is CCn1nc(C)c(Br)c1CC1CSCC1=O. The van der Waals surface area contributed by atoms with Crippen molar-refractivity contribution in [2.45, 2.75) is 26.8 Å². The zero-order valence-corrected chi connectivity index (χ0v) is 11.9. The van der Waals surface area contributed by atoms with Gasteiger partial charge in [0.25, 0.3) is 0 Å². The van der Waals surface area contributed by atoms with Crippen molar-refractivity contribution in [2.24, 2.45) is 5.92 Å². The average Bonchev–Trinajstić information content (AvgIpc) is 2.78. The Labute approximate surface area is 108 Å². The van der Waals surface area contributed by atoms with Crippen LogP contribution in [-0.4, -0.2) is 27.1 Å². The number of thioether (sulfide) groups is 1. The highest BCUT2D eigenvalue weighted by Crippen LogP contribution is 2.28. The first-order valence-corrected chi connectivity index (χ1v) is 7.40. The molecule has 0 aliphatic carbocycles. The van der Waals surface area contributed by atoms with Gasteiger partial charge in [0.1, 0.15) is 5.78 Å². The molecule has 1 aliphatic heterocycles. The summed E-state index contributed by atoms with van der Waals surface area (Å²) in [5.74, 6) is 2.21. The first-order valence-electron chi connectivity index (χ1n) is 5.45. The van der Waals surface area contributed by atoms with Gasteiger partial charge in [-0.1, -0.05) is 0 Å². The Morgan fingerprint density at radius 1 is 1.62 bits per heavy atom. The highest BCUT2D eigenvalue weighted by atomic mass is 79.9. The minimum atomic E-state index is 0.183. The average molecular weight is 303 g/mol. The summed E-state index contributed by atoms with van der Waals surface area (Å²) in [5.41, 5.74) is 2.18. The van der Waals surface area contributed by atoms with E-state index in [0.29, 0.717) is 11.5 Å². The van der Waals surface area contributed by atoms with Gasteiger partial charge in [0.2, 0.25) is 0 Å². The Kier molecular flexibility index (Phi) is 3.74. The number of nitrogens with zero attached hydrogens (tertiary/aromatic N) is 2. The molecule has 0 bridgehead atoms. The molecule has 88 valence electrons. The lowest BCUT2D eigenvalue weighted by Gasteiger charge is -2.09. The largest absolute Gasteiger partial charge is 0.298 e. The highest BCUT2D eigenvalue weighted by molar-refractivity contribution is 9.10. The maximum Gasteiger partial charge on any atom is 0.147 e. The van der Waals surface area contributed by atoms with E-state index in [1.54, 1.807) is 11.8 Å². The van der Waals surface area contributed by atoms with E-state index in [0.717, 1.165) is 28.9 Å². The van der Waals surface area contributed by atoms with E-state index in [1.165, 1.54) is 5.69 Å². The van der Waals surface area contributed by atoms with Gasteiger partial charge in [0.15, 0.2) is 0 Å². The zero-order chi connectivity index (χ0) is 11.7. The number of Topliss-reactive ketones (excluding diaryl/α,β-unsaturated/α-hetero) is 1. The Morgan fingerprint density at radius 2 is 2.38 bits per heavy atom. The molecule has 3 nitrogen and oxygen atoms in total. The predicted octanol–water partition coefficient (Wildman–Crippen LogP) is 2.45. The number of hydrogen-bond acceptors (Lipinski definition) is 3. The fraction of sp³-hybridized carbons (Fsp3) is 0.636. The van der Waals surface area contributed by atoms with Gasteiger partial charge >= 0.3 is 0 Å². The molecule has 0 spiro atoms. The molecule has 0 N–H and O–H groups in total. The Hall–Kier alpha value is -0.290. The number of carbonyl (C=O) groups excluding carboxylic acids is 1. The summed E-state index contributed by atoms with van der Waals surface area (Å²) in [6.45, 7) is 4.92. The van der Waals surface area contributed by atoms with E-state index >= 15 is 0 Å². The molecule has 1 unspecified atom stereocenters. The molecule has 1 saturated heterocycles. The Bertz CT molecular complexity index is 416. The molecule has 0 aromatic carbocycles. The normalized spacial score (nSPS) is 20.7. The summed E-state index contributed by atoms with van der Waals surface area (Å²) in [6.07, 6.45) is 0.821. The van der Waals surface area contributed by atoms with E-state index in [2.05, 4.69) is 28.0 Å². The van der Waals surface area contributed by atoms with Crippen molar-refractivity contribution >= 4 is 33.5 Å². The van der Waals surface area contributed by atoms with Gasteiger partial charge in [-0.2, -0.15) is 16.9 Å². The van der Waals surface area contributed by atoms with Crippen molar-refractivity contribution in [1.29, 1.82) is 0 Å². The summed E-state index contributed by atoms with van der Waals surface area (Å²) in [4.78, 5) is 11.6. The second-order valence-electron chi connectivity index (χ2n) is 4.04. The molecule has 1 fully saturated rings. The second kappa shape index (κ2) is 4.92. The van der Waals surface area contributed by atoms with Crippen LogP contribution in [0.5, 0.6) is 0 Å². The number of carbonyl (C=O) groups is 1. The van der Waals surface area contributed by atoms with Crippen LogP contribution in [0, 0.1) is 12.8 Å². The molecule has 2 heterocycles. The summed E-state index contributed by atoms with van der Waals surface area (Å²) in [6, 6.07) is 0. The third-order valence-corrected chi connectivity index (χ3v) is 5.07. The van der Waals surface area contributed by atoms with Crippen molar-refractivity contribution < 1.29 is 4.79 Å². The highest BCUT2D eigenvalue weighted by Gasteiger charge is 2.27. The van der Waals surface area contributed by atoms with Crippen molar-refractivity contribution in [3.8, 4) is 0 Å². The van der Waals surface area contributed by atoms with Crippen molar-refractivity contribution in [3.05, 3.63) is 15.9 Å². The number of aromatic nitrogens is 2. The van der Waals surface area contributed by atoms with Gasteiger partial charge in [-0.05, 0) is 29.8 Å². The lowest BCUT2D eigenvalue weighted by Crippen LogP contribution is -2.17. The molecule has 1 aromatic heterocycles. The molecule has 1 atom stereocenters. The number of ketones is 1. The first-order chi connectivity index (χ1) is 7.63. The first kappa shape index (κ1) is 12.2. The van der Waals surface area contributed by atoms with Gasteiger partial charge in [-0.15, -0.1) is 0 Å². The maximum atomic E-state index is 11.6. The molecule has 16 heavy (non-hydrogen) atoms. The topological polar surface area (TPSA) is 34.9 Å². The number of halogens is 1. The van der Waals surface area contributed by atoms with E-state index in [1.807, 2.05) is 11.6 Å². The smallest absolute Gasteiger partial charge is 0.147 e. The van der Waals surface area contributed by atoms with E-state index < -0.39 is 0 Å². The van der Waals surface area contributed by atoms with Crippen LogP contribution in [0.15, 0.2) is 4.47 Å². The summed E-state index contributed by atoms with van der Waals surface area (Å²) in [7, 11) is 0. The van der Waals surface area contributed by atoms with Crippen molar-refractivity contribution in [2.75, 3.05) is 11.5 Å². The quantitative estimate of drug-likeness (QED) is 0.860. The Balaban J connectivity index is 2.23. The molecular weight excluding hydrogens is 288 g/mol. The molecule has 1 aromatic rings. The molecule has 5 heteroatoms. The van der Waals surface area contributed by atoms with Gasteiger partial charge in [-0.25, -0.2) is 0 Å². The predicted molar refractivity (Wildman–Crippen MR) is 69.9 cm³/mol. The minimum absolute atomic E-state index is 0.183. The van der Waals surface area contributed by atoms with Crippen LogP contribution < -0.4 is 0 Å². The van der Waals surface area contributed by atoms with E-state index in [4.69, 9.17) is 0 Å². The molecule has 2 rings (SSSR count). The lowest BCUT2D eigenvalue weighted by molar-refractivity contribution is -0.119. The van der Waals surface area contributed by atoms with Crippen LogP contribution in [0.25, 0.3) is 0 Å². The fourth-order valence-electron chi connectivity index (χ4n) is 1.98. The molecule has 0 saturated carbocycles. The summed E-state index contributed by atoms with van der Waals surface area (Å²) in [5, 5.41) is 4.45. The third-order valence-electron chi connectivity index (χ3n) is 2.91. The van der Waals surface area contributed by atoms with Gasteiger partial charge in [0, 0.05) is 24.6 Å². The van der Waals surface area contributed by atoms with E-state index in [-0.39, 0.29) is 5.92 Å². The minimum Gasteiger partial charge on any atom is -0.298 e. The number of aryl methyl sites for hydroxylation is 2. The van der Waals surface area contributed by atoms with Crippen molar-refractivity contribution in [3.63, 3.8) is 0 Å². The lowest BCUT2D eigenvalue weighted by atomic mass is 10.0. The number of rotatable bonds is 3. The molecule has 0 radical (unpaired) electrons.